The third kappa shape index (κ3) is 72.2. The molecule has 0 amide bonds. The zero-order valence-corrected chi connectivity index (χ0v) is 8.01. The van der Waals surface area contributed by atoms with E-state index >= 15 is 0 Å². The van der Waals surface area contributed by atoms with Gasteiger partial charge in [-0.25, -0.2) is 0 Å². The third-order valence-corrected chi connectivity index (χ3v) is 0. The minimum absolute atomic E-state index is 0. The Morgan fingerprint density at radius 3 is 0.429 bits per heavy atom. The van der Waals surface area contributed by atoms with Gasteiger partial charge >= 0.3 is 0 Å². The van der Waals surface area contributed by atoms with Crippen LogP contribution in [0.15, 0.2) is 0 Å². The molecule has 1 nitrogen and oxygen atoms in total. The molecular weight excluding hydrogens is 244 g/mol. The summed E-state index contributed by atoms with van der Waals surface area (Å²) in [5, 5.41) is 0. The molecule has 0 aromatic heterocycles. The van der Waals surface area contributed by atoms with Crippen molar-refractivity contribution in [2.45, 2.75) is 0 Å². The molecule has 53 valence electrons. The van der Waals surface area contributed by atoms with E-state index in [0.29, 0.717) is 0 Å². The first-order valence-electron chi connectivity index (χ1n) is 0. The van der Waals surface area contributed by atoms with Gasteiger partial charge in [-0.3, -0.25) is 0 Å². The topological polar surface area (TPSA) is 31.5 Å². The summed E-state index contributed by atoms with van der Waals surface area (Å²) in [5.41, 5.74) is 0. The average Bonchev–Trinajstić information content (AvgIpc) is 0. The van der Waals surface area contributed by atoms with Crippen molar-refractivity contribution in [2.24, 2.45) is 0 Å². The van der Waals surface area contributed by atoms with Crippen molar-refractivity contribution in [3.8, 4) is 0 Å². The van der Waals surface area contributed by atoms with E-state index in [9.17, 15) is 0 Å². The maximum atomic E-state index is 0. The van der Waals surface area contributed by atoms with Gasteiger partial charge in [-0.1, -0.05) is 0 Å². The Kier molecular flexibility index (Phi) is 2030. The predicted molar refractivity (Wildman–Crippen MR) is 3.61 cm³/mol. The van der Waals surface area contributed by atoms with Gasteiger partial charge in [0.25, 0.3) is 0 Å². The molecule has 2 N–H and O–H groups in total. The van der Waals surface area contributed by atoms with Crippen molar-refractivity contribution >= 4 is 0 Å². The Balaban J connectivity index is 0. The van der Waals surface area contributed by atoms with Crippen LogP contribution < -0.4 is 62.0 Å². The van der Waals surface area contributed by atoms with Gasteiger partial charge in [0, 0.05) is 18.6 Å². The number of halogens is 5. The van der Waals surface area contributed by atoms with E-state index < -0.39 is 0 Å². The first-order valence-corrected chi connectivity index (χ1v) is 0. The van der Waals surface area contributed by atoms with Gasteiger partial charge in [0.05, 0.1) is 0 Å². The van der Waals surface area contributed by atoms with Crippen LogP contribution in [0.5, 0.6) is 0 Å². The van der Waals surface area contributed by atoms with Gasteiger partial charge in [0.1, 0.15) is 0 Å². The fourth-order valence-corrected chi connectivity index (χ4v) is 0. The quantitative estimate of drug-likeness (QED) is 0.406. The second-order valence-electron chi connectivity index (χ2n) is 0. The number of hydrogen-bond donors (Lipinski definition) is 0. The number of rotatable bonds is 0. The third-order valence-electron chi connectivity index (χ3n) is 0. The van der Waals surface area contributed by atoms with E-state index in [0.717, 1.165) is 0 Å². The SMILES string of the molecule is O.[Cl-].[Cl-].[Cl-].[Cl-].[Cl-].[V]. The van der Waals surface area contributed by atoms with Crippen LogP contribution in [-0.2, 0) is 18.6 Å². The molecule has 0 atom stereocenters. The van der Waals surface area contributed by atoms with Crippen LogP contribution in [0.2, 0.25) is 0 Å². The van der Waals surface area contributed by atoms with Crippen molar-refractivity contribution in [3.05, 3.63) is 0 Å². The van der Waals surface area contributed by atoms with Crippen LogP contribution in [0.4, 0.5) is 0 Å². The molecule has 0 saturated heterocycles. The molecule has 1 radical (unpaired) electrons. The molecule has 0 heterocycles. The van der Waals surface area contributed by atoms with E-state index in [1.165, 1.54) is 0 Å². The monoisotopic (exact) mass is 244 g/mol. The van der Waals surface area contributed by atoms with Crippen molar-refractivity contribution < 1.29 is 86.1 Å². The Labute approximate surface area is 85.6 Å². The summed E-state index contributed by atoms with van der Waals surface area (Å²) in [5.74, 6) is 0. The van der Waals surface area contributed by atoms with Crippen molar-refractivity contribution in [2.75, 3.05) is 0 Å². The first-order chi connectivity index (χ1) is 0. The molecule has 7 heavy (non-hydrogen) atoms. The van der Waals surface area contributed by atoms with Gasteiger partial charge in [-0.2, -0.15) is 0 Å². The summed E-state index contributed by atoms with van der Waals surface area (Å²) >= 11 is 0. The van der Waals surface area contributed by atoms with Crippen molar-refractivity contribution in [1.82, 2.24) is 0 Å². The van der Waals surface area contributed by atoms with Crippen LogP contribution >= 0.6 is 0 Å². The van der Waals surface area contributed by atoms with E-state index in [-0.39, 0.29) is 86.1 Å². The van der Waals surface area contributed by atoms with E-state index in [1.807, 2.05) is 0 Å². The number of hydrogen-bond acceptors (Lipinski definition) is 0. The average molecular weight is 246 g/mol. The molecule has 0 aliphatic heterocycles. The maximum Gasteiger partial charge on any atom is 0 e. The Morgan fingerprint density at radius 1 is 0.429 bits per heavy atom. The largest absolute Gasteiger partial charge is 1.00 e. The van der Waals surface area contributed by atoms with E-state index in [1.54, 1.807) is 0 Å². The second kappa shape index (κ2) is 98.3. The fourth-order valence-electron chi connectivity index (χ4n) is 0. The van der Waals surface area contributed by atoms with Crippen molar-refractivity contribution in [3.63, 3.8) is 0 Å². The summed E-state index contributed by atoms with van der Waals surface area (Å²) < 4.78 is 0. The molecule has 0 aliphatic carbocycles. The Hall–Kier alpha value is 1.99. The molecule has 0 rings (SSSR count). The van der Waals surface area contributed by atoms with Crippen LogP contribution in [0.25, 0.3) is 0 Å². The molecule has 7 heteroatoms. The van der Waals surface area contributed by atoms with Gasteiger partial charge in [-0.15, -0.1) is 0 Å². The molecule has 0 aliphatic rings. The smallest absolute Gasteiger partial charge is 0 e. The zero-order chi connectivity index (χ0) is 0. The molecule has 0 aromatic carbocycles. The zero-order valence-electron chi connectivity index (χ0n) is 2.84. The van der Waals surface area contributed by atoms with Gasteiger partial charge in [0.15, 0.2) is 0 Å². The van der Waals surface area contributed by atoms with Gasteiger partial charge < -0.3 is 67.5 Å². The normalized spacial score (nSPS) is 0. The van der Waals surface area contributed by atoms with E-state index in [4.69, 9.17) is 0 Å². The second-order valence-corrected chi connectivity index (χ2v) is 0. The fraction of sp³-hybridized carbons (Fsp3) is 0. The molecule has 0 unspecified atom stereocenters. The van der Waals surface area contributed by atoms with Crippen LogP contribution in [0.1, 0.15) is 0 Å². The summed E-state index contributed by atoms with van der Waals surface area (Å²) in [4.78, 5) is 0. The minimum atomic E-state index is 0. The molecule has 0 saturated carbocycles. The standard InChI is InChI=1S/5ClH.H2O.V/h5*1H;1H2;/p-5. The molecule has 0 spiro atoms. The van der Waals surface area contributed by atoms with Gasteiger partial charge in [-0.05, 0) is 0 Å². The van der Waals surface area contributed by atoms with Gasteiger partial charge in [0.2, 0.25) is 0 Å². The maximum absolute atomic E-state index is 0. The predicted octanol–water partition coefficient (Wildman–Crippen LogP) is -15.8. The molecule has 0 aromatic rings. The first kappa shape index (κ1) is 145. The van der Waals surface area contributed by atoms with Crippen LogP contribution in [0, 0.1) is 0 Å². The van der Waals surface area contributed by atoms with Crippen LogP contribution in [-0.4, -0.2) is 5.48 Å². The van der Waals surface area contributed by atoms with E-state index in [2.05, 4.69) is 0 Å². The summed E-state index contributed by atoms with van der Waals surface area (Å²) in [6.45, 7) is 0. The minimum Gasteiger partial charge on any atom is -1.00 e. The summed E-state index contributed by atoms with van der Waals surface area (Å²) in [6.07, 6.45) is 0. The summed E-state index contributed by atoms with van der Waals surface area (Å²) in [6, 6.07) is 0. The molecule has 0 fully saturated rings. The van der Waals surface area contributed by atoms with Crippen molar-refractivity contribution in [1.29, 1.82) is 0 Å². The Bertz CT molecular complexity index is 8.04. The molecular formula is H2Cl5OV-5. The summed E-state index contributed by atoms with van der Waals surface area (Å²) in [7, 11) is 0. The Morgan fingerprint density at radius 2 is 0.429 bits per heavy atom. The van der Waals surface area contributed by atoms with Crippen LogP contribution in [0.3, 0.4) is 0 Å². The molecule has 0 bridgehead atoms.